The predicted molar refractivity (Wildman–Crippen MR) is 65.3 cm³/mol. The van der Waals surface area contributed by atoms with Gasteiger partial charge in [0.1, 0.15) is 5.75 Å². The maximum Gasteiger partial charge on any atom is 0.330 e. The average Bonchev–Trinajstić information content (AvgIpc) is 2.29. The first-order chi connectivity index (χ1) is 7.51. The highest BCUT2D eigenvalue weighted by atomic mass is 16.4. The zero-order valence-corrected chi connectivity index (χ0v) is 9.47. The second kappa shape index (κ2) is 7.29. The molecule has 16 heavy (non-hydrogen) atoms. The van der Waals surface area contributed by atoms with Crippen LogP contribution in [-0.2, 0) is 4.79 Å². The van der Waals surface area contributed by atoms with Gasteiger partial charge >= 0.3 is 5.97 Å². The van der Waals surface area contributed by atoms with Crippen molar-refractivity contribution < 1.29 is 15.0 Å². The zero-order chi connectivity index (χ0) is 12.6. The Hall–Kier alpha value is -2.03. The molecule has 0 amide bonds. The van der Waals surface area contributed by atoms with E-state index in [1.54, 1.807) is 38.1 Å². The fraction of sp³-hybridized carbons (Fsp3) is 0.154. The van der Waals surface area contributed by atoms with Gasteiger partial charge in [0.2, 0.25) is 0 Å². The molecule has 2 N–H and O–H groups in total. The fourth-order valence-corrected chi connectivity index (χ4v) is 0.734. The number of hydrogen-bond acceptors (Lipinski definition) is 2. The van der Waals surface area contributed by atoms with E-state index in [9.17, 15) is 4.79 Å². The van der Waals surface area contributed by atoms with Gasteiger partial charge in [0.05, 0.1) is 0 Å². The van der Waals surface area contributed by atoms with Crippen LogP contribution in [0.2, 0.25) is 0 Å². The Kier molecular flexibility index (Phi) is 6.36. The summed E-state index contributed by atoms with van der Waals surface area (Å²) in [6.07, 6.45) is 3.29. The van der Waals surface area contributed by atoms with Crippen LogP contribution >= 0.6 is 0 Å². The highest BCUT2D eigenvalue weighted by Gasteiger charge is 1.93. The Morgan fingerprint density at radius 2 is 1.81 bits per heavy atom. The number of carboxylic acid groups (broad SMARTS) is 1. The highest BCUT2D eigenvalue weighted by Crippen LogP contribution is 2.09. The number of aliphatic carboxylic acids is 1. The Morgan fingerprint density at radius 3 is 2.06 bits per heavy atom. The van der Waals surface area contributed by atoms with Gasteiger partial charge in [-0.25, -0.2) is 4.79 Å². The van der Waals surface area contributed by atoms with Gasteiger partial charge in [-0.1, -0.05) is 30.9 Å². The number of allylic oxidation sites excluding steroid dienone is 1. The molecular weight excluding hydrogens is 204 g/mol. The lowest BCUT2D eigenvalue weighted by atomic mass is 10.2. The third kappa shape index (κ3) is 5.65. The SMILES string of the molecule is C=Cc1ccc(O)cc1.CC=C(C)C(=O)O. The smallest absolute Gasteiger partial charge is 0.330 e. The lowest BCUT2D eigenvalue weighted by molar-refractivity contribution is -0.132. The molecule has 0 unspecified atom stereocenters. The number of phenolic OH excluding ortho intramolecular Hbond substituents is 1. The minimum absolute atomic E-state index is 0.292. The first kappa shape index (κ1) is 14.0. The van der Waals surface area contributed by atoms with E-state index in [-0.39, 0.29) is 0 Å². The number of rotatable bonds is 2. The molecule has 3 heteroatoms. The molecule has 0 bridgehead atoms. The molecule has 0 aliphatic carbocycles. The Bertz CT molecular complexity index is 375. The van der Waals surface area contributed by atoms with Crippen LogP contribution in [-0.4, -0.2) is 16.2 Å². The van der Waals surface area contributed by atoms with Gasteiger partial charge in [0.25, 0.3) is 0 Å². The molecule has 1 rings (SSSR count). The Balaban J connectivity index is 0.000000293. The van der Waals surface area contributed by atoms with E-state index in [0.29, 0.717) is 11.3 Å². The van der Waals surface area contributed by atoms with Crippen molar-refractivity contribution in [2.75, 3.05) is 0 Å². The first-order valence-electron chi connectivity index (χ1n) is 4.79. The molecule has 0 atom stereocenters. The van der Waals surface area contributed by atoms with Crippen molar-refractivity contribution in [1.29, 1.82) is 0 Å². The van der Waals surface area contributed by atoms with Crippen molar-refractivity contribution in [1.82, 2.24) is 0 Å². The normalized spacial score (nSPS) is 10.0. The molecule has 0 spiro atoms. The number of aromatic hydroxyl groups is 1. The molecule has 0 fully saturated rings. The molecule has 0 aliphatic heterocycles. The molecule has 86 valence electrons. The summed E-state index contributed by atoms with van der Waals surface area (Å²) >= 11 is 0. The second-order valence-electron chi connectivity index (χ2n) is 3.07. The first-order valence-corrected chi connectivity index (χ1v) is 4.79. The van der Waals surface area contributed by atoms with E-state index in [4.69, 9.17) is 10.2 Å². The minimum atomic E-state index is -0.845. The number of benzene rings is 1. The van der Waals surface area contributed by atoms with Gasteiger partial charge in [-0.2, -0.15) is 0 Å². The number of hydrogen-bond donors (Lipinski definition) is 2. The summed E-state index contributed by atoms with van der Waals surface area (Å²) in [4.78, 5) is 9.86. The van der Waals surface area contributed by atoms with Crippen molar-refractivity contribution in [3.8, 4) is 5.75 Å². The monoisotopic (exact) mass is 220 g/mol. The number of carboxylic acids is 1. The van der Waals surface area contributed by atoms with Crippen molar-refractivity contribution in [2.24, 2.45) is 0 Å². The van der Waals surface area contributed by atoms with Gasteiger partial charge in [0, 0.05) is 5.57 Å². The summed E-state index contributed by atoms with van der Waals surface area (Å²) in [6, 6.07) is 6.89. The summed E-state index contributed by atoms with van der Waals surface area (Å²) in [7, 11) is 0. The minimum Gasteiger partial charge on any atom is -0.508 e. The summed E-state index contributed by atoms with van der Waals surface area (Å²) in [6.45, 7) is 6.83. The van der Waals surface area contributed by atoms with Gasteiger partial charge in [0.15, 0.2) is 0 Å². The third-order valence-electron chi connectivity index (χ3n) is 1.90. The quantitative estimate of drug-likeness (QED) is 0.753. The van der Waals surface area contributed by atoms with E-state index in [1.165, 1.54) is 0 Å². The van der Waals surface area contributed by atoms with Crippen molar-refractivity contribution in [3.05, 3.63) is 48.1 Å². The van der Waals surface area contributed by atoms with Crippen molar-refractivity contribution in [3.63, 3.8) is 0 Å². The van der Waals surface area contributed by atoms with E-state index >= 15 is 0 Å². The largest absolute Gasteiger partial charge is 0.508 e. The lowest BCUT2D eigenvalue weighted by Gasteiger charge is -1.90. The van der Waals surface area contributed by atoms with Crippen LogP contribution in [0, 0.1) is 0 Å². The molecule has 1 aromatic rings. The second-order valence-corrected chi connectivity index (χ2v) is 3.07. The van der Waals surface area contributed by atoms with Crippen LogP contribution in [0.5, 0.6) is 5.75 Å². The van der Waals surface area contributed by atoms with Gasteiger partial charge in [-0.05, 0) is 31.5 Å². The molecule has 0 aliphatic rings. The van der Waals surface area contributed by atoms with E-state index < -0.39 is 5.97 Å². The summed E-state index contributed by atoms with van der Waals surface area (Å²) in [5, 5.41) is 16.9. The Labute approximate surface area is 95.4 Å². The van der Waals surface area contributed by atoms with Gasteiger partial charge in [-0.15, -0.1) is 0 Å². The molecule has 0 heterocycles. The highest BCUT2D eigenvalue weighted by molar-refractivity contribution is 5.85. The zero-order valence-electron chi connectivity index (χ0n) is 9.47. The van der Waals surface area contributed by atoms with Gasteiger partial charge in [-0.3, -0.25) is 0 Å². The number of phenols is 1. The molecule has 0 aromatic heterocycles. The maximum atomic E-state index is 9.86. The van der Waals surface area contributed by atoms with Crippen LogP contribution in [0.4, 0.5) is 0 Å². The topological polar surface area (TPSA) is 57.5 Å². The summed E-state index contributed by atoms with van der Waals surface area (Å²) in [5.41, 5.74) is 1.41. The fourth-order valence-electron chi connectivity index (χ4n) is 0.734. The van der Waals surface area contributed by atoms with Crippen LogP contribution < -0.4 is 0 Å². The molecule has 0 saturated carbocycles. The lowest BCUT2D eigenvalue weighted by Crippen LogP contribution is -1.93. The van der Waals surface area contributed by atoms with Crippen LogP contribution in [0.1, 0.15) is 19.4 Å². The van der Waals surface area contributed by atoms with Crippen molar-refractivity contribution >= 4 is 12.0 Å². The van der Waals surface area contributed by atoms with Crippen LogP contribution in [0.15, 0.2) is 42.5 Å². The van der Waals surface area contributed by atoms with Crippen LogP contribution in [0.3, 0.4) is 0 Å². The van der Waals surface area contributed by atoms with E-state index in [2.05, 4.69) is 6.58 Å². The number of carbonyl (C=O) groups is 1. The van der Waals surface area contributed by atoms with Crippen molar-refractivity contribution in [2.45, 2.75) is 13.8 Å². The molecule has 3 nitrogen and oxygen atoms in total. The van der Waals surface area contributed by atoms with E-state index in [1.807, 2.05) is 12.1 Å². The molecule has 0 radical (unpaired) electrons. The maximum absolute atomic E-state index is 9.86. The Morgan fingerprint density at radius 1 is 1.31 bits per heavy atom. The van der Waals surface area contributed by atoms with E-state index in [0.717, 1.165) is 5.56 Å². The summed E-state index contributed by atoms with van der Waals surface area (Å²) < 4.78 is 0. The molecule has 1 aromatic carbocycles. The van der Waals surface area contributed by atoms with Gasteiger partial charge < -0.3 is 10.2 Å². The summed E-state index contributed by atoms with van der Waals surface area (Å²) in [5.74, 6) is -0.553. The van der Waals surface area contributed by atoms with Crippen LogP contribution in [0.25, 0.3) is 6.08 Å². The average molecular weight is 220 g/mol. The molecular formula is C13H16O3. The standard InChI is InChI=1S/C8H8O.C5H8O2/c1-2-7-3-5-8(9)6-4-7;1-3-4(2)5(6)7/h2-6,9H,1H2;3H,1-2H3,(H,6,7). The predicted octanol–water partition coefficient (Wildman–Crippen LogP) is 3.07. The third-order valence-corrected chi connectivity index (χ3v) is 1.90. The molecule has 0 saturated heterocycles.